The minimum absolute atomic E-state index is 0.0221. The summed E-state index contributed by atoms with van der Waals surface area (Å²) in [5.74, 6) is -0.205. The molecule has 0 aliphatic heterocycles. The van der Waals surface area contributed by atoms with Crippen molar-refractivity contribution in [2.45, 2.75) is 6.92 Å². The molecule has 5 aromatic rings. The van der Waals surface area contributed by atoms with Crippen LogP contribution in [0.15, 0.2) is 85.7 Å². The fourth-order valence-corrected chi connectivity index (χ4v) is 3.89. The number of anilines is 2. The van der Waals surface area contributed by atoms with Crippen LogP contribution in [-0.4, -0.2) is 42.3 Å². The second-order valence-corrected chi connectivity index (χ2v) is 8.57. The van der Waals surface area contributed by atoms with E-state index in [9.17, 15) is 9.18 Å². The lowest BCUT2D eigenvalue weighted by Gasteiger charge is -2.12. The Morgan fingerprint density at radius 3 is 2.82 bits per heavy atom. The SMILES string of the molecule is CCOC(=O)/C=C/c1cccc(-c2cnc(Nc3ccc(F)c(Cl)c3)nc2-n2cc(-c3ccncn3)cn2)c1. The standard InChI is InChI=1S/C28H21ClFN7O2/c1-2-39-26(38)9-6-18-4-3-5-19(12-18)22-15-32-28(35-21-7-8-24(30)23(29)13-21)36-27(22)37-16-20(14-34-37)25-10-11-31-17-33-25/h3-17H,2H2,1H3,(H,32,35,36)/b9-6+. The zero-order chi connectivity index (χ0) is 27.2. The summed E-state index contributed by atoms with van der Waals surface area (Å²) in [7, 11) is 0. The van der Waals surface area contributed by atoms with Crippen LogP contribution in [0.2, 0.25) is 5.02 Å². The van der Waals surface area contributed by atoms with Crippen LogP contribution in [-0.2, 0) is 9.53 Å². The molecule has 3 aromatic heterocycles. The highest BCUT2D eigenvalue weighted by Crippen LogP contribution is 2.29. The Hall–Kier alpha value is -4.96. The number of benzene rings is 2. The molecular formula is C28H21ClFN7O2. The van der Waals surface area contributed by atoms with Gasteiger partial charge in [-0.15, -0.1) is 0 Å². The summed E-state index contributed by atoms with van der Waals surface area (Å²) in [6.07, 6.45) is 11.3. The second kappa shape index (κ2) is 11.6. The Morgan fingerprint density at radius 1 is 1.13 bits per heavy atom. The molecule has 0 saturated carbocycles. The summed E-state index contributed by atoms with van der Waals surface area (Å²) in [5, 5.41) is 7.55. The molecule has 11 heteroatoms. The number of hydrogen-bond donors (Lipinski definition) is 1. The third-order valence-corrected chi connectivity index (χ3v) is 5.81. The minimum Gasteiger partial charge on any atom is -0.463 e. The maximum atomic E-state index is 13.6. The van der Waals surface area contributed by atoms with Crippen molar-refractivity contribution in [2.24, 2.45) is 0 Å². The topological polar surface area (TPSA) is 108 Å². The average Bonchev–Trinajstić information content (AvgIpc) is 3.45. The molecule has 0 spiro atoms. The van der Waals surface area contributed by atoms with Crippen LogP contribution in [0.5, 0.6) is 0 Å². The van der Waals surface area contributed by atoms with Crippen LogP contribution in [0.25, 0.3) is 34.3 Å². The van der Waals surface area contributed by atoms with Gasteiger partial charge in [-0.1, -0.05) is 29.8 Å². The molecule has 0 aliphatic carbocycles. The molecule has 2 aromatic carbocycles. The molecule has 0 saturated heterocycles. The predicted octanol–water partition coefficient (Wildman–Crippen LogP) is 5.90. The summed E-state index contributed by atoms with van der Waals surface area (Å²) in [5.41, 5.74) is 4.27. The zero-order valence-corrected chi connectivity index (χ0v) is 21.4. The van der Waals surface area contributed by atoms with Crippen molar-refractivity contribution in [3.63, 3.8) is 0 Å². The summed E-state index contributed by atoms with van der Waals surface area (Å²) >= 11 is 5.94. The van der Waals surface area contributed by atoms with E-state index in [0.29, 0.717) is 29.4 Å². The molecule has 0 aliphatic rings. The number of nitrogens with one attached hydrogen (secondary N) is 1. The van der Waals surface area contributed by atoms with Crippen molar-refractivity contribution in [1.82, 2.24) is 29.7 Å². The highest BCUT2D eigenvalue weighted by molar-refractivity contribution is 6.31. The van der Waals surface area contributed by atoms with Gasteiger partial charge >= 0.3 is 5.97 Å². The van der Waals surface area contributed by atoms with E-state index in [0.717, 1.165) is 16.7 Å². The molecule has 9 nitrogen and oxygen atoms in total. The van der Waals surface area contributed by atoms with Gasteiger partial charge < -0.3 is 10.1 Å². The molecule has 194 valence electrons. The van der Waals surface area contributed by atoms with Gasteiger partial charge in [0, 0.05) is 41.5 Å². The van der Waals surface area contributed by atoms with Gasteiger partial charge in [-0.3, -0.25) is 0 Å². The highest BCUT2D eigenvalue weighted by atomic mass is 35.5. The Bertz CT molecular complexity index is 1660. The van der Waals surface area contributed by atoms with Gasteiger partial charge in [0.05, 0.1) is 23.5 Å². The van der Waals surface area contributed by atoms with E-state index in [2.05, 4.69) is 25.4 Å². The number of halogens is 2. The molecule has 5 rings (SSSR count). The van der Waals surface area contributed by atoms with Crippen molar-refractivity contribution < 1.29 is 13.9 Å². The van der Waals surface area contributed by atoms with E-state index >= 15 is 0 Å². The first-order chi connectivity index (χ1) is 19.0. The van der Waals surface area contributed by atoms with Gasteiger partial charge in [-0.2, -0.15) is 10.1 Å². The molecule has 39 heavy (non-hydrogen) atoms. The number of aromatic nitrogens is 6. The molecule has 0 unspecified atom stereocenters. The van der Waals surface area contributed by atoms with E-state index in [1.165, 1.54) is 24.5 Å². The van der Waals surface area contributed by atoms with Crippen LogP contribution in [0.1, 0.15) is 12.5 Å². The normalized spacial score (nSPS) is 11.1. The number of carbonyl (C=O) groups is 1. The first-order valence-electron chi connectivity index (χ1n) is 11.9. The molecule has 0 atom stereocenters. The van der Waals surface area contributed by atoms with Crippen LogP contribution in [0, 0.1) is 5.82 Å². The molecule has 0 amide bonds. The lowest BCUT2D eigenvalue weighted by molar-refractivity contribution is -0.137. The Labute approximate surface area is 228 Å². The summed E-state index contributed by atoms with van der Waals surface area (Å²) in [4.78, 5) is 29.2. The molecule has 0 bridgehead atoms. The molecular weight excluding hydrogens is 521 g/mol. The van der Waals surface area contributed by atoms with Crippen LogP contribution in [0.4, 0.5) is 16.0 Å². The maximum Gasteiger partial charge on any atom is 0.330 e. The fraction of sp³-hybridized carbons (Fsp3) is 0.0714. The predicted molar refractivity (Wildman–Crippen MR) is 146 cm³/mol. The smallest absolute Gasteiger partial charge is 0.330 e. The third kappa shape index (κ3) is 6.13. The molecule has 1 N–H and O–H groups in total. The van der Waals surface area contributed by atoms with Crippen LogP contribution in [0.3, 0.4) is 0 Å². The number of carbonyl (C=O) groups excluding carboxylic acids is 1. The van der Waals surface area contributed by atoms with Crippen molar-refractivity contribution in [3.8, 4) is 28.2 Å². The average molecular weight is 542 g/mol. The summed E-state index contributed by atoms with van der Waals surface area (Å²) in [6.45, 7) is 2.05. The number of esters is 1. The van der Waals surface area contributed by atoms with E-state index < -0.39 is 11.8 Å². The first-order valence-corrected chi connectivity index (χ1v) is 12.2. The van der Waals surface area contributed by atoms with E-state index in [4.69, 9.17) is 21.3 Å². The first kappa shape index (κ1) is 25.7. The molecule has 0 fully saturated rings. The zero-order valence-electron chi connectivity index (χ0n) is 20.6. The number of ether oxygens (including phenoxy) is 1. The Morgan fingerprint density at radius 2 is 2.03 bits per heavy atom. The number of nitrogens with zero attached hydrogens (tertiary/aromatic N) is 6. The number of rotatable bonds is 8. The lowest BCUT2D eigenvalue weighted by atomic mass is 10.0. The monoisotopic (exact) mass is 541 g/mol. The minimum atomic E-state index is -0.523. The fourth-order valence-electron chi connectivity index (χ4n) is 3.71. The summed E-state index contributed by atoms with van der Waals surface area (Å²) < 4.78 is 20.2. The number of hydrogen-bond acceptors (Lipinski definition) is 8. The largest absolute Gasteiger partial charge is 0.463 e. The van der Waals surface area contributed by atoms with Gasteiger partial charge in [0.15, 0.2) is 5.82 Å². The van der Waals surface area contributed by atoms with Gasteiger partial charge in [0.2, 0.25) is 5.95 Å². The van der Waals surface area contributed by atoms with Crippen molar-refractivity contribution >= 4 is 35.3 Å². The quantitative estimate of drug-likeness (QED) is 0.191. The van der Waals surface area contributed by atoms with Crippen molar-refractivity contribution in [2.75, 3.05) is 11.9 Å². The molecule has 0 radical (unpaired) electrons. The van der Waals surface area contributed by atoms with Crippen LogP contribution < -0.4 is 5.32 Å². The van der Waals surface area contributed by atoms with E-state index in [-0.39, 0.29) is 11.0 Å². The third-order valence-electron chi connectivity index (χ3n) is 5.52. The van der Waals surface area contributed by atoms with Gasteiger partial charge in [0.1, 0.15) is 12.1 Å². The van der Waals surface area contributed by atoms with Gasteiger partial charge in [0.25, 0.3) is 0 Å². The van der Waals surface area contributed by atoms with Crippen molar-refractivity contribution in [1.29, 1.82) is 0 Å². The van der Waals surface area contributed by atoms with Gasteiger partial charge in [-0.05, 0) is 54.5 Å². The maximum absolute atomic E-state index is 13.6. The lowest BCUT2D eigenvalue weighted by Crippen LogP contribution is -2.06. The van der Waals surface area contributed by atoms with Crippen LogP contribution >= 0.6 is 11.6 Å². The van der Waals surface area contributed by atoms with Gasteiger partial charge in [-0.25, -0.2) is 28.8 Å². The second-order valence-electron chi connectivity index (χ2n) is 8.16. The molecule has 3 heterocycles. The Kier molecular flexibility index (Phi) is 7.65. The summed E-state index contributed by atoms with van der Waals surface area (Å²) in [6, 6.07) is 13.6. The highest BCUT2D eigenvalue weighted by Gasteiger charge is 2.15. The van der Waals surface area contributed by atoms with E-state index in [1.807, 2.05) is 24.3 Å². The van der Waals surface area contributed by atoms with E-state index in [1.54, 1.807) is 54.6 Å². The Balaban J connectivity index is 1.55. The van der Waals surface area contributed by atoms with Crippen molar-refractivity contribution in [3.05, 3.63) is 102 Å².